The maximum atomic E-state index is 5.71. The summed E-state index contributed by atoms with van der Waals surface area (Å²) < 4.78 is 11.2. The molecule has 0 spiro atoms. The molecule has 2 aromatic rings. The maximum absolute atomic E-state index is 5.71. The van der Waals surface area contributed by atoms with Crippen LogP contribution in [0.4, 0.5) is 0 Å². The van der Waals surface area contributed by atoms with Crippen molar-refractivity contribution in [2.24, 2.45) is 5.41 Å². The highest BCUT2D eigenvalue weighted by atomic mass is 16.5. The van der Waals surface area contributed by atoms with E-state index in [4.69, 9.17) is 9.26 Å². The van der Waals surface area contributed by atoms with Gasteiger partial charge in [-0.25, -0.2) is 0 Å². The van der Waals surface area contributed by atoms with E-state index in [0.29, 0.717) is 19.0 Å². The third-order valence-corrected chi connectivity index (χ3v) is 3.90. The Morgan fingerprint density at radius 2 is 2.04 bits per heavy atom. The van der Waals surface area contributed by atoms with E-state index in [9.17, 15) is 0 Å². The first-order chi connectivity index (χ1) is 10.9. The van der Waals surface area contributed by atoms with Gasteiger partial charge in [-0.1, -0.05) is 44.1 Å². The molecule has 1 aromatic heterocycles. The molecule has 23 heavy (non-hydrogen) atoms. The topological polar surface area (TPSA) is 51.4 Å². The van der Waals surface area contributed by atoms with E-state index in [1.54, 1.807) is 0 Å². The van der Waals surface area contributed by atoms with Crippen LogP contribution in [-0.4, -0.2) is 35.2 Å². The van der Waals surface area contributed by atoms with Crippen LogP contribution < -0.4 is 4.74 Å². The number of para-hydroxylation sites is 1. The summed E-state index contributed by atoms with van der Waals surface area (Å²) in [4.78, 5) is 6.85. The van der Waals surface area contributed by atoms with Crippen LogP contribution in [0, 0.1) is 5.41 Å². The number of benzene rings is 1. The first-order valence-electron chi connectivity index (χ1n) is 8.15. The third-order valence-electron chi connectivity index (χ3n) is 3.90. The van der Waals surface area contributed by atoms with Crippen LogP contribution in [0.2, 0.25) is 0 Å². The van der Waals surface area contributed by atoms with Gasteiger partial charge in [0.1, 0.15) is 5.75 Å². The van der Waals surface area contributed by atoms with Crippen LogP contribution in [0.25, 0.3) is 0 Å². The molecule has 0 bridgehead atoms. The van der Waals surface area contributed by atoms with Crippen molar-refractivity contribution in [3.8, 4) is 5.75 Å². The van der Waals surface area contributed by atoms with Crippen molar-refractivity contribution in [1.29, 1.82) is 0 Å². The molecule has 5 heteroatoms. The number of rotatable bonds is 4. The van der Waals surface area contributed by atoms with E-state index in [0.717, 1.165) is 30.1 Å². The Morgan fingerprint density at radius 1 is 1.26 bits per heavy atom. The van der Waals surface area contributed by atoms with Gasteiger partial charge in [0.15, 0.2) is 5.82 Å². The second-order valence-electron chi connectivity index (χ2n) is 7.51. The molecule has 1 aliphatic rings. The standard InChI is InChI=1S/C18H25N3O2/c1-18(2,3)12-21(4)11-16-19-17(20-23-16)14-9-10-22-15-8-6-5-7-13(14)15/h5-8,14H,9-12H2,1-4H3. The molecule has 1 aromatic carbocycles. The summed E-state index contributed by atoms with van der Waals surface area (Å²) in [5, 5.41) is 4.22. The van der Waals surface area contributed by atoms with Gasteiger partial charge in [-0.2, -0.15) is 4.98 Å². The summed E-state index contributed by atoms with van der Waals surface area (Å²) in [6.07, 6.45) is 0.883. The molecular weight excluding hydrogens is 290 g/mol. The third kappa shape index (κ3) is 3.91. The first-order valence-corrected chi connectivity index (χ1v) is 8.15. The van der Waals surface area contributed by atoms with Gasteiger partial charge in [0, 0.05) is 12.1 Å². The maximum Gasteiger partial charge on any atom is 0.240 e. The molecule has 2 heterocycles. The van der Waals surface area contributed by atoms with Gasteiger partial charge in [0.05, 0.1) is 19.1 Å². The quantitative estimate of drug-likeness (QED) is 0.865. The average molecular weight is 315 g/mol. The summed E-state index contributed by atoms with van der Waals surface area (Å²) >= 11 is 0. The average Bonchev–Trinajstić information content (AvgIpc) is 2.92. The van der Waals surface area contributed by atoms with Gasteiger partial charge in [-0.3, -0.25) is 4.90 Å². The molecular formula is C18H25N3O2. The second-order valence-corrected chi connectivity index (χ2v) is 7.51. The summed E-state index contributed by atoms with van der Waals surface area (Å²) in [6.45, 7) is 9.01. The lowest BCUT2D eigenvalue weighted by atomic mass is 9.92. The molecule has 1 aliphatic heterocycles. The van der Waals surface area contributed by atoms with Gasteiger partial charge >= 0.3 is 0 Å². The Bertz CT molecular complexity index is 660. The number of ether oxygens (including phenoxy) is 1. The van der Waals surface area contributed by atoms with E-state index in [-0.39, 0.29) is 11.3 Å². The molecule has 0 N–H and O–H groups in total. The summed E-state index contributed by atoms with van der Waals surface area (Å²) in [5.74, 6) is 2.53. The van der Waals surface area contributed by atoms with Crippen LogP contribution in [0.1, 0.15) is 50.4 Å². The lowest BCUT2D eigenvalue weighted by Crippen LogP contribution is -2.29. The van der Waals surface area contributed by atoms with Crippen molar-refractivity contribution < 1.29 is 9.26 Å². The highest BCUT2D eigenvalue weighted by molar-refractivity contribution is 5.40. The summed E-state index contributed by atoms with van der Waals surface area (Å²) in [5.41, 5.74) is 1.39. The number of fused-ring (bicyclic) bond motifs is 1. The Hall–Kier alpha value is -1.88. The van der Waals surface area contributed by atoms with Crippen molar-refractivity contribution >= 4 is 0 Å². The fraction of sp³-hybridized carbons (Fsp3) is 0.556. The van der Waals surface area contributed by atoms with Crippen LogP contribution >= 0.6 is 0 Å². The highest BCUT2D eigenvalue weighted by Gasteiger charge is 2.27. The van der Waals surface area contributed by atoms with Crippen LogP contribution in [0.5, 0.6) is 5.75 Å². The summed E-state index contributed by atoms with van der Waals surface area (Å²) in [6, 6.07) is 8.10. The van der Waals surface area contributed by atoms with Crippen molar-refractivity contribution in [3.05, 3.63) is 41.5 Å². The van der Waals surface area contributed by atoms with Crippen molar-refractivity contribution in [1.82, 2.24) is 15.0 Å². The molecule has 5 nitrogen and oxygen atoms in total. The molecule has 0 aliphatic carbocycles. The number of hydrogen-bond donors (Lipinski definition) is 0. The normalized spacial score (nSPS) is 17.9. The SMILES string of the molecule is CN(Cc1nc(C2CCOc3ccccc32)no1)CC(C)(C)C. The van der Waals surface area contributed by atoms with Crippen molar-refractivity contribution in [2.45, 2.75) is 39.7 Å². The smallest absolute Gasteiger partial charge is 0.240 e. The Morgan fingerprint density at radius 3 is 2.83 bits per heavy atom. The molecule has 3 rings (SSSR count). The van der Waals surface area contributed by atoms with Gasteiger partial charge in [-0.15, -0.1) is 0 Å². The fourth-order valence-electron chi connectivity index (χ4n) is 3.18. The molecule has 1 atom stereocenters. The van der Waals surface area contributed by atoms with Gasteiger partial charge in [0.25, 0.3) is 0 Å². The predicted octanol–water partition coefficient (Wildman–Crippen LogP) is 3.46. The van der Waals surface area contributed by atoms with E-state index in [2.05, 4.69) is 48.9 Å². The molecule has 0 fully saturated rings. The van der Waals surface area contributed by atoms with Crippen LogP contribution in [-0.2, 0) is 6.54 Å². The molecule has 124 valence electrons. The fourth-order valence-corrected chi connectivity index (χ4v) is 3.18. The number of aromatic nitrogens is 2. The minimum atomic E-state index is 0.158. The van der Waals surface area contributed by atoms with Gasteiger partial charge in [0.2, 0.25) is 5.89 Å². The van der Waals surface area contributed by atoms with Crippen LogP contribution in [0.15, 0.2) is 28.8 Å². The van der Waals surface area contributed by atoms with E-state index < -0.39 is 0 Å². The Balaban J connectivity index is 1.73. The first kappa shape index (κ1) is 16.0. The lowest BCUT2D eigenvalue weighted by molar-refractivity contribution is 0.197. The minimum Gasteiger partial charge on any atom is -0.493 e. The van der Waals surface area contributed by atoms with E-state index in [1.165, 1.54) is 0 Å². The van der Waals surface area contributed by atoms with E-state index in [1.807, 2.05) is 18.2 Å². The second kappa shape index (κ2) is 6.32. The Kier molecular flexibility index (Phi) is 4.39. The highest BCUT2D eigenvalue weighted by Crippen LogP contribution is 2.36. The Labute approximate surface area is 137 Å². The van der Waals surface area contributed by atoms with E-state index >= 15 is 0 Å². The van der Waals surface area contributed by atoms with Gasteiger partial charge in [-0.05, 0) is 24.9 Å². The van der Waals surface area contributed by atoms with Gasteiger partial charge < -0.3 is 9.26 Å². The molecule has 0 radical (unpaired) electrons. The zero-order valence-corrected chi connectivity index (χ0v) is 14.4. The number of nitrogens with zero attached hydrogens (tertiary/aromatic N) is 3. The molecule has 0 amide bonds. The summed E-state index contributed by atoms with van der Waals surface area (Å²) in [7, 11) is 2.08. The number of hydrogen-bond acceptors (Lipinski definition) is 5. The zero-order valence-electron chi connectivity index (χ0n) is 14.4. The predicted molar refractivity (Wildman–Crippen MR) is 88.5 cm³/mol. The van der Waals surface area contributed by atoms with Crippen LogP contribution in [0.3, 0.4) is 0 Å². The molecule has 0 saturated carbocycles. The lowest BCUT2D eigenvalue weighted by Gasteiger charge is -2.25. The monoisotopic (exact) mass is 315 g/mol. The molecule has 1 unspecified atom stereocenters. The minimum absolute atomic E-state index is 0.158. The van der Waals surface area contributed by atoms with Crippen molar-refractivity contribution in [2.75, 3.05) is 20.2 Å². The zero-order chi connectivity index (χ0) is 16.4. The molecule has 0 saturated heterocycles. The largest absolute Gasteiger partial charge is 0.493 e. The van der Waals surface area contributed by atoms with Crippen molar-refractivity contribution in [3.63, 3.8) is 0 Å².